The molecule has 0 bridgehead atoms. The highest BCUT2D eigenvalue weighted by Crippen LogP contribution is 2.31. The highest BCUT2D eigenvalue weighted by Gasteiger charge is 2.22. The molecule has 0 amide bonds. The molecule has 0 atom stereocenters. The number of benzene rings is 3. The second kappa shape index (κ2) is 9.86. The standard InChI is InChI=1S/C20H16Cl2N4O5S/c1-31-20-8-3-2-7-18(20)25-32(29,30)13-9-10-17(19(11-13)26(27)28)24-23-12-14-15(21)5-4-6-16(14)22/h2-12,24-25H,1H3/b23-12+. The Hall–Kier alpha value is -3.34. The Balaban J connectivity index is 1.89. The summed E-state index contributed by atoms with van der Waals surface area (Å²) in [4.78, 5) is 10.5. The number of sulfonamides is 1. The SMILES string of the molecule is COc1ccccc1NS(=O)(=O)c1ccc(N/N=C/c2c(Cl)cccc2Cl)c([N+](=O)[O-])c1. The zero-order valence-corrected chi connectivity index (χ0v) is 18.8. The molecular formula is C20H16Cl2N4O5S. The fourth-order valence-corrected chi connectivity index (χ4v) is 4.24. The lowest BCUT2D eigenvalue weighted by Gasteiger charge is -2.12. The van der Waals surface area contributed by atoms with Gasteiger partial charge in [-0.15, -0.1) is 0 Å². The summed E-state index contributed by atoms with van der Waals surface area (Å²) in [5, 5.41) is 16.2. The van der Waals surface area contributed by atoms with Gasteiger partial charge >= 0.3 is 0 Å². The monoisotopic (exact) mass is 494 g/mol. The number of nitro benzene ring substituents is 1. The van der Waals surface area contributed by atoms with E-state index in [1.807, 2.05) is 0 Å². The van der Waals surface area contributed by atoms with Gasteiger partial charge in [-0.25, -0.2) is 8.42 Å². The highest BCUT2D eigenvalue weighted by molar-refractivity contribution is 7.92. The van der Waals surface area contributed by atoms with Crippen molar-refractivity contribution in [3.05, 3.63) is 86.4 Å². The Labute approximate surface area is 193 Å². The number of hydrogen-bond donors (Lipinski definition) is 2. The van der Waals surface area contributed by atoms with E-state index in [0.717, 1.165) is 6.07 Å². The predicted octanol–water partition coefficient (Wildman–Crippen LogP) is 5.16. The molecule has 0 unspecified atom stereocenters. The fraction of sp³-hybridized carbons (Fsp3) is 0.0500. The number of hydrazone groups is 1. The molecular weight excluding hydrogens is 479 g/mol. The molecule has 0 aliphatic carbocycles. The highest BCUT2D eigenvalue weighted by atomic mass is 35.5. The van der Waals surface area contributed by atoms with E-state index in [1.54, 1.807) is 36.4 Å². The van der Waals surface area contributed by atoms with Crippen molar-refractivity contribution >= 4 is 56.5 Å². The number of nitrogens with one attached hydrogen (secondary N) is 2. The number of para-hydroxylation sites is 2. The van der Waals surface area contributed by atoms with Gasteiger partial charge in [-0.3, -0.25) is 20.3 Å². The second-order valence-corrected chi connectivity index (χ2v) is 8.74. The van der Waals surface area contributed by atoms with Crippen molar-refractivity contribution in [1.29, 1.82) is 0 Å². The van der Waals surface area contributed by atoms with E-state index in [2.05, 4.69) is 15.2 Å². The number of anilines is 2. The minimum absolute atomic E-state index is 0.0225. The van der Waals surface area contributed by atoms with Gasteiger partial charge in [0.25, 0.3) is 15.7 Å². The molecule has 2 N–H and O–H groups in total. The Morgan fingerprint density at radius 3 is 2.38 bits per heavy atom. The van der Waals surface area contributed by atoms with Crippen molar-refractivity contribution in [1.82, 2.24) is 0 Å². The van der Waals surface area contributed by atoms with Crippen molar-refractivity contribution in [3.63, 3.8) is 0 Å². The van der Waals surface area contributed by atoms with Gasteiger partial charge in [-0.2, -0.15) is 5.10 Å². The van der Waals surface area contributed by atoms with Crippen LogP contribution < -0.4 is 14.9 Å². The first kappa shape index (κ1) is 23.3. The summed E-state index contributed by atoms with van der Waals surface area (Å²) in [5.74, 6) is 0.302. The summed E-state index contributed by atoms with van der Waals surface area (Å²) < 4.78 is 33.0. The third-order valence-corrected chi connectivity index (χ3v) is 6.23. The molecule has 0 heterocycles. The van der Waals surface area contributed by atoms with Crippen LogP contribution in [-0.2, 0) is 10.0 Å². The van der Waals surface area contributed by atoms with Crippen LogP contribution in [0, 0.1) is 10.1 Å². The van der Waals surface area contributed by atoms with E-state index in [-0.39, 0.29) is 16.3 Å². The number of nitrogens with zero attached hydrogens (tertiary/aromatic N) is 2. The van der Waals surface area contributed by atoms with Crippen molar-refractivity contribution in [2.45, 2.75) is 4.90 Å². The maximum absolute atomic E-state index is 12.8. The van der Waals surface area contributed by atoms with Gasteiger partial charge in [0.05, 0.1) is 38.9 Å². The number of ether oxygens (including phenoxy) is 1. The quantitative estimate of drug-likeness (QED) is 0.253. The molecule has 0 fully saturated rings. The van der Waals surface area contributed by atoms with E-state index in [0.29, 0.717) is 21.4 Å². The first-order valence-corrected chi connectivity index (χ1v) is 11.1. The maximum atomic E-state index is 12.8. The van der Waals surface area contributed by atoms with Crippen LogP contribution in [0.25, 0.3) is 0 Å². The average molecular weight is 495 g/mol. The first-order chi connectivity index (χ1) is 15.2. The van der Waals surface area contributed by atoms with Crippen molar-refractivity contribution in [2.75, 3.05) is 17.3 Å². The van der Waals surface area contributed by atoms with Gasteiger partial charge in [0, 0.05) is 11.6 Å². The summed E-state index contributed by atoms with van der Waals surface area (Å²) in [6.07, 6.45) is 1.31. The minimum atomic E-state index is -4.13. The predicted molar refractivity (Wildman–Crippen MR) is 125 cm³/mol. The topological polar surface area (TPSA) is 123 Å². The maximum Gasteiger partial charge on any atom is 0.295 e. The molecule has 3 aromatic carbocycles. The number of methoxy groups -OCH3 is 1. The molecule has 3 aromatic rings. The van der Waals surface area contributed by atoms with Gasteiger partial charge in [-0.05, 0) is 36.4 Å². The van der Waals surface area contributed by atoms with Crippen LogP contribution in [0.3, 0.4) is 0 Å². The van der Waals surface area contributed by atoms with Crippen LogP contribution in [-0.4, -0.2) is 26.7 Å². The Kier molecular flexibility index (Phi) is 7.18. The lowest BCUT2D eigenvalue weighted by atomic mass is 10.2. The number of hydrogen-bond acceptors (Lipinski definition) is 7. The molecule has 12 heteroatoms. The molecule has 0 aliphatic rings. The third-order valence-electron chi connectivity index (χ3n) is 4.21. The Morgan fingerprint density at radius 2 is 1.72 bits per heavy atom. The van der Waals surface area contributed by atoms with Crippen molar-refractivity contribution < 1.29 is 18.1 Å². The first-order valence-electron chi connectivity index (χ1n) is 8.90. The summed E-state index contributed by atoms with van der Waals surface area (Å²) in [6, 6.07) is 14.7. The summed E-state index contributed by atoms with van der Waals surface area (Å²) in [7, 11) is -2.73. The summed E-state index contributed by atoms with van der Waals surface area (Å²) in [5.41, 5.74) is 2.62. The Bertz CT molecular complexity index is 1280. The average Bonchev–Trinajstić information content (AvgIpc) is 2.75. The van der Waals surface area contributed by atoms with Crippen LogP contribution in [0.15, 0.2) is 70.7 Å². The largest absolute Gasteiger partial charge is 0.495 e. The van der Waals surface area contributed by atoms with Gasteiger partial charge in [0.15, 0.2) is 0 Å². The smallest absolute Gasteiger partial charge is 0.295 e. The van der Waals surface area contributed by atoms with E-state index in [9.17, 15) is 18.5 Å². The lowest BCUT2D eigenvalue weighted by molar-refractivity contribution is -0.384. The van der Waals surface area contributed by atoms with Crippen LogP contribution in [0.5, 0.6) is 5.75 Å². The van der Waals surface area contributed by atoms with Crippen LogP contribution in [0.1, 0.15) is 5.56 Å². The molecule has 32 heavy (non-hydrogen) atoms. The van der Waals surface area contributed by atoms with Gasteiger partial charge in [-0.1, -0.05) is 41.4 Å². The minimum Gasteiger partial charge on any atom is -0.495 e. The number of rotatable bonds is 8. The van der Waals surface area contributed by atoms with Crippen molar-refractivity contribution in [3.8, 4) is 5.75 Å². The number of nitro groups is 1. The summed E-state index contributed by atoms with van der Waals surface area (Å²) in [6.45, 7) is 0. The molecule has 0 saturated heterocycles. The third kappa shape index (κ3) is 5.28. The van der Waals surface area contributed by atoms with Gasteiger partial charge < -0.3 is 4.74 Å². The second-order valence-electron chi connectivity index (χ2n) is 6.25. The molecule has 9 nitrogen and oxygen atoms in total. The molecule has 0 aromatic heterocycles. The van der Waals surface area contributed by atoms with E-state index < -0.39 is 20.6 Å². The van der Waals surface area contributed by atoms with Crippen molar-refractivity contribution in [2.24, 2.45) is 5.10 Å². The normalized spacial score (nSPS) is 11.3. The van der Waals surface area contributed by atoms with Crippen LogP contribution >= 0.6 is 23.2 Å². The van der Waals surface area contributed by atoms with E-state index in [1.165, 1.54) is 31.5 Å². The summed E-state index contributed by atoms with van der Waals surface area (Å²) >= 11 is 12.1. The molecule has 0 saturated carbocycles. The molecule has 3 rings (SSSR count). The lowest BCUT2D eigenvalue weighted by Crippen LogP contribution is -2.14. The van der Waals surface area contributed by atoms with E-state index in [4.69, 9.17) is 27.9 Å². The van der Waals surface area contributed by atoms with Crippen LogP contribution in [0.4, 0.5) is 17.1 Å². The molecule has 166 valence electrons. The number of halogens is 2. The van der Waals surface area contributed by atoms with E-state index >= 15 is 0 Å². The van der Waals surface area contributed by atoms with Gasteiger partial charge in [0.2, 0.25) is 0 Å². The fourth-order valence-electron chi connectivity index (χ4n) is 2.66. The zero-order valence-electron chi connectivity index (χ0n) is 16.5. The molecule has 0 radical (unpaired) electrons. The Morgan fingerprint density at radius 1 is 1.03 bits per heavy atom. The van der Waals surface area contributed by atoms with Gasteiger partial charge in [0.1, 0.15) is 11.4 Å². The van der Waals surface area contributed by atoms with Crippen LogP contribution in [0.2, 0.25) is 10.0 Å². The zero-order chi connectivity index (χ0) is 23.3. The molecule has 0 aliphatic heterocycles. The molecule has 0 spiro atoms.